The number of likely N-dealkylation sites (tertiary alicyclic amines) is 2. The molecule has 1 amide bonds. The summed E-state index contributed by atoms with van der Waals surface area (Å²) in [6, 6.07) is 8.37. The summed E-state index contributed by atoms with van der Waals surface area (Å²) in [5, 5.41) is 3.38. The number of fused-ring (bicyclic) bond motifs is 1. The number of hydrogen-bond acceptors (Lipinski definition) is 4. The summed E-state index contributed by atoms with van der Waals surface area (Å²) in [6.07, 6.45) is 2.72. The maximum absolute atomic E-state index is 12.9. The molecule has 26 heavy (non-hydrogen) atoms. The first-order chi connectivity index (χ1) is 12.6. The maximum Gasteiger partial charge on any atom is 0.227 e. The smallest absolute Gasteiger partial charge is 0.227 e. The van der Waals surface area contributed by atoms with Crippen LogP contribution in [-0.4, -0.2) is 62.7 Å². The number of methoxy groups -OCH3 is 1. The summed E-state index contributed by atoms with van der Waals surface area (Å²) in [5.41, 5.74) is 1.50. The van der Waals surface area contributed by atoms with E-state index < -0.39 is 0 Å². The highest BCUT2D eigenvalue weighted by Gasteiger charge is 2.47. The van der Waals surface area contributed by atoms with E-state index in [-0.39, 0.29) is 5.91 Å². The topological polar surface area (TPSA) is 32.8 Å². The van der Waals surface area contributed by atoms with Gasteiger partial charge in [-0.15, -0.1) is 11.3 Å². The summed E-state index contributed by atoms with van der Waals surface area (Å²) < 4.78 is 6.75. The van der Waals surface area contributed by atoms with Gasteiger partial charge in [-0.1, -0.05) is 18.2 Å². The van der Waals surface area contributed by atoms with Gasteiger partial charge in [-0.3, -0.25) is 4.79 Å². The lowest BCUT2D eigenvalue weighted by atomic mass is 9.71. The lowest BCUT2D eigenvalue weighted by molar-refractivity contribution is -0.133. The van der Waals surface area contributed by atoms with E-state index in [0.717, 1.165) is 45.6 Å². The molecule has 0 aliphatic carbocycles. The minimum atomic E-state index is 0.276. The molecule has 0 saturated carbocycles. The zero-order valence-electron chi connectivity index (χ0n) is 15.7. The fraction of sp³-hybridized carbons (Fsp3) is 0.571. The number of piperidine rings is 1. The molecule has 1 spiro atoms. The molecule has 1 aromatic heterocycles. The van der Waals surface area contributed by atoms with Crippen LogP contribution in [0.2, 0.25) is 0 Å². The van der Waals surface area contributed by atoms with Gasteiger partial charge >= 0.3 is 0 Å². The Kier molecular flexibility index (Phi) is 5.04. The van der Waals surface area contributed by atoms with Gasteiger partial charge in [-0.05, 0) is 47.7 Å². The quantitative estimate of drug-likeness (QED) is 0.826. The van der Waals surface area contributed by atoms with E-state index in [0.29, 0.717) is 17.8 Å². The fourth-order valence-electron chi connectivity index (χ4n) is 4.94. The number of ether oxygens (including phenoxy) is 1. The number of thiophene rings is 1. The predicted octanol–water partition coefficient (Wildman–Crippen LogP) is 3.26. The van der Waals surface area contributed by atoms with E-state index in [1.54, 1.807) is 18.4 Å². The minimum absolute atomic E-state index is 0.276. The highest BCUT2D eigenvalue weighted by Crippen LogP contribution is 2.44. The second-order valence-electron chi connectivity index (χ2n) is 8.03. The molecule has 2 fully saturated rings. The lowest BCUT2D eigenvalue weighted by Crippen LogP contribution is -2.47. The van der Waals surface area contributed by atoms with Gasteiger partial charge in [-0.25, -0.2) is 0 Å². The van der Waals surface area contributed by atoms with Crippen LogP contribution in [-0.2, 0) is 16.0 Å². The molecule has 0 unspecified atom stereocenters. The first-order valence-electron chi connectivity index (χ1n) is 9.52. The monoisotopic (exact) mass is 372 g/mol. The average molecular weight is 373 g/mol. The number of hydrogen-bond donors (Lipinski definition) is 0. The number of carbonyl (C=O) groups excluding carboxylic acids is 1. The predicted molar refractivity (Wildman–Crippen MR) is 107 cm³/mol. The zero-order chi connectivity index (χ0) is 18.1. The fourth-order valence-corrected chi connectivity index (χ4v) is 5.91. The average Bonchev–Trinajstić information content (AvgIpc) is 3.17. The number of benzene rings is 1. The van der Waals surface area contributed by atoms with Gasteiger partial charge in [0, 0.05) is 43.9 Å². The van der Waals surface area contributed by atoms with Crippen molar-refractivity contribution in [3.63, 3.8) is 0 Å². The molecule has 2 aromatic rings. The van der Waals surface area contributed by atoms with Crippen LogP contribution in [0.5, 0.6) is 0 Å². The molecule has 4 nitrogen and oxygen atoms in total. The highest BCUT2D eigenvalue weighted by atomic mass is 32.1. The molecule has 2 aliphatic rings. The number of nitrogens with zero attached hydrogens (tertiary/aromatic N) is 2. The summed E-state index contributed by atoms with van der Waals surface area (Å²) in [4.78, 5) is 17.4. The van der Waals surface area contributed by atoms with Gasteiger partial charge in [0.15, 0.2) is 0 Å². The van der Waals surface area contributed by atoms with Crippen LogP contribution in [0.1, 0.15) is 18.4 Å². The second-order valence-corrected chi connectivity index (χ2v) is 8.94. The number of carbonyl (C=O) groups is 1. The molecule has 5 heteroatoms. The maximum atomic E-state index is 12.9. The zero-order valence-corrected chi connectivity index (χ0v) is 16.6. The molecule has 140 valence electrons. The number of amides is 1. The minimum Gasteiger partial charge on any atom is -0.384 e. The third-order valence-corrected chi connectivity index (χ3v) is 7.38. The molecule has 4 rings (SSSR count). The molecule has 2 aliphatic heterocycles. The molecule has 0 bridgehead atoms. The van der Waals surface area contributed by atoms with Gasteiger partial charge in [0.2, 0.25) is 5.91 Å². The van der Waals surface area contributed by atoms with Crippen molar-refractivity contribution in [3.05, 3.63) is 35.2 Å². The van der Waals surface area contributed by atoms with Crippen LogP contribution in [0.3, 0.4) is 0 Å². The van der Waals surface area contributed by atoms with Crippen molar-refractivity contribution in [2.75, 3.05) is 46.9 Å². The Morgan fingerprint density at radius 2 is 2.08 bits per heavy atom. The second kappa shape index (κ2) is 7.29. The largest absolute Gasteiger partial charge is 0.384 e. The van der Waals surface area contributed by atoms with E-state index >= 15 is 0 Å². The molecule has 3 heterocycles. The standard InChI is InChI=1S/C21H28N2O2S/c1-22-12-17(13-25-2)21(15-22)7-9-23(10-8-21)20(24)11-16-14-26-19-6-4-3-5-18(16)19/h3-6,14,17H,7-13,15H2,1-2H3/t17-/m1/s1. The Labute approximate surface area is 159 Å². The summed E-state index contributed by atoms with van der Waals surface area (Å²) in [7, 11) is 4.01. The Morgan fingerprint density at radius 3 is 2.85 bits per heavy atom. The molecular formula is C21H28N2O2S. The Balaban J connectivity index is 1.41. The summed E-state index contributed by atoms with van der Waals surface area (Å²) in [6.45, 7) is 4.85. The van der Waals surface area contributed by atoms with Crippen LogP contribution < -0.4 is 0 Å². The van der Waals surface area contributed by atoms with Crippen molar-refractivity contribution >= 4 is 27.3 Å². The van der Waals surface area contributed by atoms with Crippen LogP contribution in [0.4, 0.5) is 0 Å². The molecular weight excluding hydrogens is 344 g/mol. The van der Waals surface area contributed by atoms with Gasteiger partial charge in [0.1, 0.15) is 0 Å². The SMILES string of the molecule is COC[C@H]1CN(C)CC12CCN(C(=O)Cc1csc3ccccc13)CC2. The van der Waals surface area contributed by atoms with E-state index in [4.69, 9.17) is 4.74 Å². The van der Waals surface area contributed by atoms with Crippen molar-refractivity contribution in [2.24, 2.45) is 11.3 Å². The summed E-state index contributed by atoms with van der Waals surface area (Å²) >= 11 is 1.73. The first-order valence-corrected chi connectivity index (χ1v) is 10.4. The van der Waals surface area contributed by atoms with Crippen molar-refractivity contribution in [3.8, 4) is 0 Å². The van der Waals surface area contributed by atoms with Crippen LogP contribution in [0.25, 0.3) is 10.1 Å². The van der Waals surface area contributed by atoms with E-state index in [1.807, 2.05) is 0 Å². The van der Waals surface area contributed by atoms with Crippen molar-refractivity contribution in [2.45, 2.75) is 19.3 Å². The Morgan fingerprint density at radius 1 is 1.31 bits per heavy atom. The highest BCUT2D eigenvalue weighted by molar-refractivity contribution is 7.17. The van der Waals surface area contributed by atoms with E-state index in [9.17, 15) is 4.79 Å². The van der Waals surface area contributed by atoms with Crippen LogP contribution >= 0.6 is 11.3 Å². The Bertz CT molecular complexity index is 779. The van der Waals surface area contributed by atoms with Gasteiger partial charge < -0.3 is 14.5 Å². The van der Waals surface area contributed by atoms with Crippen molar-refractivity contribution < 1.29 is 9.53 Å². The Hall–Kier alpha value is -1.43. The third kappa shape index (κ3) is 3.28. The molecule has 2 saturated heterocycles. The normalized spacial score (nSPS) is 23.2. The molecule has 1 atom stereocenters. The van der Waals surface area contributed by atoms with Crippen LogP contribution in [0.15, 0.2) is 29.6 Å². The number of rotatable bonds is 4. The third-order valence-electron chi connectivity index (χ3n) is 6.37. The van der Waals surface area contributed by atoms with Gasteiger partial charge in [-0.2, -0.15) is 0 Å². The molecule has 1 aromatic carbocycles. The van der Waals surface area contributed by atoms with E-state index in [1.165, 1.54) is 15.6 Å². The van der Waals surface area contributed by atoms with Crippen LogP contribution in [0, 0.1) is 11.3 Å². The lowest BCUT2D eigenvalue weighted by Gasteiger charge is -2.42. The molecule has 0 N–H and O–H groups in total. The van der Waals surface area contributed by atoms with Crippen molar-refractivity contribution in [1.82, 2.24) is 9.80 Å². The van der Waals surface area contributed by atoms with Gasteiger partial charge in [0.05, 0.1) is 13.0 Å². The summed E-state index contributed by atoms with van der Waals surface area (Å²) in [5.74, 6) is 0.869. The van der Waals surface area contributed by atoms with E-state index in [2.05, 4.69) is 46.5 Å². The molecule has 0 radical (unpaired) electrons. The first kappa shape index (κ1) is 18.0. The van der Waals surface area contributed by atoms with Gasteiger partial charge in [0.25, 0.3) is 0 Å². The van der Waals surface area contributed by atoms with Crippen molar-refractivity contribution in [1.29, 1.82) is 0 Å².